The molecular weight excluding hydrogens is 411 g/mol. The number of hydrogen-bond donors (Lipinski definition) is 2. The Labute approximate surface area is 179 Å². The fourth-order valence-corrected chi connectivity index (χ4v) is 3.11. The third-order valence-corrected chi connectivity index (χ3v) is 4.80. The molecule has 9 heteroatoms. The second-order valence-electron chi connectivity index (χ2n) is 7.46. The molecule has 2 aromatic rings. The molecule has 0 radical (unpaired) electrons. The summed E-state index contributed by atoms with van der Waals surface area (Å²) in [4.78, 5) is 4.64. The molecule has 1 unspecified atom stereocenters. The minimum absolute atomic E-state index is 0.0757. The molecule has 1 aliphatic rings. The van der Waals surface area contributed by atoms with Crippen LogP contribution in [0.3, 0.4) is 0 Å². The maximum atomic E-state index is 12.2. The number of rotatable bonds is 10. The first-order valence-electron chi connectivity index (χ1n) is 10.3. The molecule has 1 fully saturated rings. The van der Waals surface area contributed by atoms with Gasteiger partial charge in [-0.05, 0) is 29.7 Å². The number of hydrogen-bond acceptors (Lipinski definition) is 4. The van der Waals surface area contributed by atoms with Crippen LogP contribution in [0.4, 0.5) is 13.2 Å². The summed E-state index contributed by atoms with van der Waals surface area (Å²) in [6.07, 6.45) is -0.884. The zero-order valence-electron chi connectivity index (χ0n) is 17.3. The molecule has 0 spiro atoms. The Morgan fingerprint density at radius 3 is 2.61 bits per heavy atom. The van der Waals surface area contributed by atoms with Crippen LogP contribution in [0.25, 0.3) is 0 Å². The van der Waals surface area contributed by atoms with Gasteiger partial charge in [0, 0.05) is 32.0 Å². The fourth-order valence-electron chi connectivity index (χ4n) is 3.11. The first-order valence-corrected chi connectivity index (χ1v) is 10.3. The lowest BCUT2D eigenvalue weighted by Gasteiger charge is -2.15. The van der Waals surface area contributed by atoms with Crippen molar-refractivity contribution in [3.05, 3.63) is 59.5 Å². The van der Waals surface area contributed by atoms with Gasteiger partial charge in [0.15, 0.2) is 5.96 Å². The maximum Gasteiger partial charge on any atom is 0.411 e. The van der Waals surface area contributed by atoms with Gasteiger partial charge in [0.1, 0.15) is 12.4 Å². The van der Waals surface area contributed by atoms with Crippen molar-refractivity contribution < 1.29 is 27.1 Å². The lowest BCUT2D eigenvalue weighted by atomic mass is 10.1. The molecule has 1 aromatic carbocycles. The lowest BCUT2D eigenvalue weighted by molar-refractivity contribution is -0.176. The van der Waals surface area contributed by atoms with E-state index < -0.39 is 12.8 Å². The van der Waals surface area contributed by atoms with Crippen LogP contribution in [-0.2, 0) is 29.0 Å². The molecular formula is C22H28F3N3O3. The average Bonchev–Trinajstić information content (AvgIpc) is 3.44. The molecule has 1 aromatic heterocycles. The van der Waals surface area contributed by atoms with E-state index in [1.807, 2.05) is 24.3 Å². The summed E-state index contributed by atoms with van der Waals surface area (Å²) < 4.78 is 52.0. The zero-order valence-corrected chi connectivity index (χ0v) is 17.3. The number of nitrogens with one attached hydrogen (secondary N) is 2. The molecule has 0 saturated carbocycles. The van der Waals surface area contributed by atoms with Crippen LogP contribution >= 0.6 is 0 Å². The van der Waals surface area contributed by atoms with Gasteiger partial charge in [0.25, 0.3) is 0 Å². The minimum Gasteiger partial charge on any atom is -0.469 e. The molecule has 0 aliphatic carbocycles. The van der Waals surface area contributed by atoms with E-state index >= 15 is 0 Å². The number of alkyl halides is 3. The third-order valence-electron chi connectivity index (χ3n) is 4.80. The SMILES string of the molecule is FC(F)(F)COCc1ccc(CN=C(NCCc2ccco2)NCC2CCOC2)cc1. The van der Waals surface area contributed by atoms with Crippen LogP contribution in [0.1, 0.15) is 23.3 Å². The van der Waals surface area contributed by atoms with Crippen molar-refractivity contribution in [1.82, 2.24) is 10.6 Å². The van der Waals surface area contributed by atoms with E-state index in [4.69, 9.17) is 9.15 Å². The first-order chi connectivity index (χ1) is 15.0. The van der Waals surface area contributed by atoms with E-state index in [0.717, 1.165) is 43.9 Å². The number of furan rings is 1. The summed E-state index contributed by atoms with van der Waals surface area (Å²) >= 11 is 0. The van der Waals surface area contributed by atoms with Crippen molar-refractivity contribution >= 4 is 5.96 Å². The number of aliphatic imine (C=N–C) groups is 1. The Kier molecular flexibility index (Phi) is 8.78. The molecule has 2 heterocycles. The molecule has 2 N–H and O–H groups in total. The lowest BCUT2D eigenvalue weighted by Crippen LogP contribution is -2.40. The van der Waals surface area contributed by atoms with Crippen LogP contribution in [0.15, 0.2) is 52.1 Å². The highest BCUT2D eigenvalue weighted by atomic mass is 19.4. The highest BCUT2D eigenvalue weighted by Gasteiger charge is 2.27. The highest BCUT2D eigenvalue weighted by Crippen LogP contribution is 2.16. The number of nitrogens with zero attached hydrogens (tertiary/aromatic N) is 1. The Bertz CT molecular complexity index is 787. The zero-order chi connectivity index (χ0) is 21.9. The predicted octanol–water partition coefficient (Wildman–Crippen LogP) is 3.67. The normalized spacial score (nSPS) is 17.1. The number of ether oxygens (including phenoxy) is 2. The second kappa shape index (κ2) is 11.8. The van der Waals surface area contributed by atoms with Crippen molar-refractivity contribution in [3.8, 4) is 0 Å². The minimum atomic E-state index is -4.31. The van der Waals surface area contributed by atoms with Crippen LogP contribution < -0.4 is 10.6 Å². The molecule has 1 atom stereocenters. The summed E-state index contributed by atoms with van der Waals surface area (Å²) in [5.41, 5.74) is 1.64. The van der Waals surface area contributed by atoms with Crippen LogP contribution in [-0.4, -0.2) is 45.0 Å². The molecule has 1 aliphatic heterocycles. The number of guanidine groups is 1. The van der Waals surface area contributed by atoms with Gasteiger partial charge in [-0.2, -0.15) is 13.2 Å². The third kappa shape index (κ3) is 9.02. The Balaban J connectivity index is 1.49. The van der Waals surface area contributed by atoms with Gasteiger partial charge in [0.2, 0.25) is 0 Å². The Hall–Kier alpha value is -2.52. The first kappa shape index (κ1) is 23.1. The van der Waals surface area contributed by atoms with Gasteiger partial charge >= 0.3 is 6.18 Å². The number of benzene rings is 1. The standard InChI is InChI=1S/C22H28F3N3O3/c23-22(24,25)16-30-14-18-5-3-17(4-6-18)12-27-21(28-13-19-8-11-29-15-19)26-9-7-20-2-1-10-31-20/h1-6,10,19H,7-9,11-16H2,(H2,26,27,28). The van der Waals surface area contributed by atoms with Gasteiger partial charge < -0.3 is 24.5 Å². The van der Waals surface area contributed by atoms with Crippen molar-refractivity contribution in [2.75, 3.05) is 32.9 Å². The molecule has 0 bridgehead atoms. The molecule has 6 nitrogen and oxygen atoms in total. The van der Waals surface area contributed by atoms with Crippen LogP contribution in [0, 0.1) is 5.92 Å². The Morgan fingerprint density at radius 2 is 1.94 bits per heavy atom. The molecule has 31 heavy (non-hydrogen) atoms. The average molecular weight is 439 g/mol. The summed E-state index contributed by atoms with van der Waals surface area (Å²) in [6, 6.07) is 11.0. The molecule has 3 rings (SSSR count). The molecule has 170 valence electrons. The van der Waals surface area contributed by atoms with Crippen molar-refractivity contribution in [3.63, 3.8) is 0 Å². The molecule has 1 saturated heterocycles. The van der Waals surface area contributed by atoms with Crippen molar-refractivity contribution in [1.29, 1.82) is 0 Å². The predicted molar refractivity (Wildman–Crippen MR) is 111 cm³/mol. The van der Waals surface area contributed by atoms with Crippen molar-refractivity contribution in [2.45, 2.75) is 32.2 Å². The van der Waals surface area contributed by atoms with Gasteiger partial charge in [-0.25, -0.2) is 4.99 Å². The monoisotopic (exact) mass is 439 g/mol. The smallest absolute Gasteiger partial charge is 0.411 e. The summed E-state index contributed by atoms with van der Waals surface area (Å²) in [6.45, 7) is 2.13. The maximum absolute atomic E-state index is 12.2. The largest absolute Gasteiger partial charge is 0.469 e. The van der Waals surface area contributed by atoms with Gasteiger partial charge in [0.05, 0.1) is 26.0 Å². The fraction of sp³-hybridized carbons (Fsp3) is 0.500. The summed E-state index contributed by atoms with van der Waals surface area (Å²) in [5, 5.41) is 6.68. The van der Waals surface area contributed by atoms with Gasteiger partial charge in [-0.1, -0.05) is 24.3 Å². The van der Waals surface area contributed by atoms with Gasteiger partial charge in [-0.15, -0.1) is 0 Å². The van der Waals surface area contributed by atoms with E-state index in [1.165, 1.54) is 0 Å². The Morgan fingerprint density at radius 1 is 1.13 bits per heavy atom. The van der Waals surface area contributed by atoms with Crippen LogP contribution in [0.5, 0.6) is 0 Å². The van der Waals surface area contributed by atoms with Crippen molar-refractivity contribution in [2.24, 2.45) is 10.9 Å². The summed E-state index contributed by atoms with van der Waals surface area (Å²) in [7, 11) is 0. The number of halogens is 3. The topological polar surface area (TPSA) is 68.0 Å². The van der Waals surface area contributed by atoms with Crippen LogP contribution in [0.2, 0.25) is 0 Å². The van der Waals surface area contributed by atoms with E-state index in [1.54, 1.807) is 18.4 Å². The highest BCUT2D eigenvalue weighted by molar-refractivity contribution is 5.79. The second-order valence-corrected chi connectivity index (χ2v) is 7.46. The molecule has 0 amide bonds. The van der Waals surface area contributed by atoms with E-state index in [9.17, 15) is 13.2 Å². The van der Waals surface area contributed by atoms with Gasteiger partial charge in [-0.3, -0.25) is 0 Å². The summed E-state index contributed by atoms with van der Waals surface area (Å²) in [5.74, 6) is 2.07. The van der Waals surface area contributed by atoms with E-state index in [-0.39, 0.29) is 6.61 Å². The van der Waals surface area contributed by atoms with E-state index in [0.29, 0.717) is 30.5 Å². The quantitative estimate of drug-likeness (QED) is 0.437. The van der Waals surface area contributed by atoms with E-state index in [2.05, 4.69) is 20.4 Å².